The molecule has 21 heavy (non-hydrogen) atoms. The van der Waals surface area contributed by atoms with Crippen molar-refractivity contribution in [2.45, 2.75) is 19.5 Å². The van der Waals surface area contributed by atoms with E-state index < -0.39 is 15.8 Å². The molecule has 1 heterocycles. The van der Waals surface area contributed by atoms with E-state index in [1.165, 1.54) is 0 Å². The van der Waals surface area contributed by atoms with E-state index in [1.807, 2.05) is 31.2 Å². The van der Waals surface area contributed by atoms with Gasteiger partial charge < -0.3 is 5.11 Å². The van der Waals surface area contributed by atoms with Crippen molar-refractivity contribution in [3.8, 4) is 0 Å². The van der Waals surface area contributed by atoms with Gasteiger partial charge in [0.2, 0.25) is 0 Å². The van der Waals surface area contributed by atoms with Gasteiger partial charge in [-0.3, -0.25) is 4.90 Å². The SMILES string of the molecule is CC1CS(=O)(=O)CCN1Cc1ccc(/C=C/C(=O)O)cc1. The summed E-state index contributed by atoms with van der Waals surface area (Å²) in [7, 11) is -2.89. The Hall–Kier alpha value is -1.66. The highest BCUT2D eigenvalue weighted by Gasteiger charge is 2.27. The Balaban J connectivity index is 1.99. The van der Waals surface area contributed by atoms with Gasteiger partial charge in [-0.15, -0.1) is 0 Å². The number of carboxylic acids is 1. The van der Waals surface area contributed by atoms with Crippen molar-refractivity contribution in [3.63, 3.8) is 0 Å². The molecule has 1 saturated heterocycles. The molecule has 5 nitrogen and oxygen atoms in total. The van der Waals surface area contributed by atoms with E-state index in [9.17, 15) is 13.2 Å². The molecule has 1 atom stereocenters. The summed E-state index contributed by atoms with van der Waals surface area (Å²) in [5.74, 6) is -0.536. The van der Waals surface area contributed by atoms with Crippen LogP contribution in [0.5, 0.6) is 0 Å². The second-order valence-electron chi connectivity index (χ2n) is 5.35. The van der Waals surface area contributed by atoms with Gasteiger partial charge >= 0.3 is 5.97 Å². The van der Waals surface area contributed by atoms with Crippen LogP contribution in [0.25, 0.3) is 6.08 Å². The molecule has 1 unspecified atom stereocenters. The van der Waals surface area contributed by atoms with E-state index >= 15 is 0 Å². The summed E-state index contributed by atoms with van der Waals surface area (Å²) in [5, 5.41) is 8.57. The minimum atomic E-state index is -2.89. The highest BCUT2D eigenvalue weighted by atomic mass is 32.2. The number of sulfone groups is 1. The fourth-order valence-corrected chi connectivity index (χ4v) is 4.03. The van der Waals surface area contributed by atoms with Gasteiger partial charge in [0.15, 0.2) is 9.84 Å². The highest BCUT2D eigenvalue weighted by Crippen LogP contribution is 2.16. The van der Waals surface area contributed by atoms with E-state index in [2.05, 4.69) is 4.90 Å². The Morgan fingerprint density at radius 1 is 1.38 bits per heavy atom. The molecule has 114 valence electrons. The largest absolute Gasteiger partial charge is 0.478 e. The average Bonchev–Trinajstić information content (AvgIpc) is 2.40. The fraction of sp³-hybridized carbons (Fsp3) is 0.400. The Morgan fingerprint density at radius 2 is 2.05 bits per heavy atom. The maximum atomic E-state index is 11.5. The first-order chi connectivity index (χ1) is 9.85. The lowest BCUT2D eigenvalue weighted by atomic mass is 10.1. The van der Waals surface area contributed by atoms with E-state index in [1.54, 1.807) is 6.08 Å². The standard InChI is InChI=1S/C15H19NO4S/c1-12-11-21(19,20)9-8-16(12)10-14-4-2-13(3-5-14)6-7-15(17)18/h2-7,12H,8-11H2,1H3,(H,17,18)/b7-6+. The van der Waals surface area contributed by atoms with Crippen molar-refractivity contribution in [2.24, 2.45) is 0 Å². The molecule has 1 aliphatic rings. The summed E-state index contributed by atoms with van der Waals surface area (Å²) in [6.07, 6.45) is 2.65. The van der Waals surface area contributed by atoms with E-state index in [0.717, 1.165) is 17.2 Å². The van der Waals surface area contributed by atoms with Crippen LogP contribution in [0, 0.1) is 0 Å². The monoisotopic (exact) mass is 309 g/mol. The molecule has 1 fully saturated rings. The molecular formula is C15H19NO4S. The summed E-state index contributed by atoms with van der Waals surface area (Å²) in [6.45, 7) is 3.20. The first kappa shape index (κ1) is 15.7. The van der Waals surface area contributed by atoms with Crippen molar-refractivity contribution < 1.29 is 18.3 Å². The maximum absolute atomic E-state index is 11.5. The minimum Gasteiger partial charge on any atom is -0.478 e. The van der Waals surface area contributed by atoms with Crippen molar-refractivity contribution in [1.82, 2.24) is 4.90 Å². The van der Waals surface area contributed by atoms with Crippen molar-refractivity contribution >= 4 is 21.9 Å². The zero-order chi connectivity index (χ0) is 15.5. The predicted molar refractivity (Wildman–Crippen MR) is 81.6 cm³/mol. The van der Waals surface area contributed by atoms with Crippen LogP contribution in [-0.4, -0.2) is 48.5 Å². The fourth-order valence-electron chi connectivity index (χ4n) is 2.40. The summed E-state index contributed by atoms with van der Waals surface area (Å²) < 4.78 is 23.1. The number of carbonyl (C=O) groups is 1. The highest BCUT2D eigenvalue weighted by molar-refractivity contribution is 7.91. The number of carboxylic acid groups (broad SMARTS) is 1. The summed E-state index contributed by atoms with van der Waals surface area (Å²) in [5.41, 5.74) is 1.92. The van der Waals surface area contributed by atoms with Crippen LogP contribution in [-0.2, 0) is 21.2 Å². The first-order valence-corrected chi connectivity index (χ1v) is 8.62. The van der Waals surface area contributed by atoms with Gasteiger partial charge in [-0.1, -0.05) is 24.3 Å². The molecule has 0 amide bonds. The molecule has 0 spiro atoms. The molecule has 0 radical (unpaired) electrons. The second-order valence-corrected chi connectivity index (χ2v) is 7.58. The normalized spacial score (nSPS) is 22.4. The van der Waals surface area contributed by atoms with Crippen molar-refractivity contribution in [1.29, 1.82) is 0 Å². The summed E-state index contributed by atoms with van der Waals surface area (Å²) in [4.78, 5) is 12.6. The number of nitrogens with zero attached hydrogens (tertiary/aromatic N) is 1. The van der Waals surface area contributed by atoms with E-state index in [4.69, 9.17) is 5.11 Å². The van der Waals surface area contributed by atoms with E-state index in [0.29, 0.717) is 13.1 Å². The Kier molecular flexibility index (Phi) is 4.80. The van der Waals surface area contributed by atoms with Gasteiger partial charge in [0.05, 0.1) is 11.5 Å². The smallest absolute Gasteiger partial charge is 0.328 e. The third kappa shape index (κ3) is 4.68. The average molecular weight is 309 g/mol. The second kappa shape index (κ2) is 6.41. The number of rotatable bonds is 4. The molecule has 0 bridgehead atoms. The Bertz CT molecular complexity index is 634. The third-order valence-electron chi connectivity index (χ3n) is 3.59. The molecule has 0 aromatic heterocycles. The summed E-state index contributed by atoms with van der Waals surface area (Å²) in [6, 6.07) is 7.63. The lowest BCUT2D eigenvalue weighted by Gasteiger charge is -2.33. The molecule has 1 aromatic rings. The van der Waals surface area contributed by atoms with Gasteiger partial charge in [0, 0.05) is 25.2 Å². The van der Waals surface area contributed by atoms with Crippen LogP contribution in [0.2, 0.25) is 0 Å². The zero-order valence-corrected chi connectivity index (χ0v) is 12.7. The molecule has 1 N–H and O–H groups in total. The number of hydrogen-bond donors (Lipinski definition) is 1. The molecular weight excluding hydrogens is 290 g/mol. The number of benzene rings is 1. The van der Waals surface area contributed by atoms with Crippen LogP contribution in [0.1, 0.15) is 18.1 Å². The van der Waals surface area contributed by atoms with Crippen LogP contribution < -0.4 is 0 Å². The maximum Gasteiger partial charge on any atom is 0.328 e. The quantitative estimate of drug-likeness (QED) is 0.851. The van der Waals surface area contributed by atoms with Gasteiger partial charge in [-0.25, -0.2) is 13.2 Å². The van der Waals surface area contributed by atoms with Gasteiger partial charge in [0.25, 0.3) is 0 Å². The van der Waals surface area contributed by atoms with Crippen molar-refractivity contribution in [2.75, 3.05) is 18.1 Å². The minimum absolute atomic E-state index is 0.0235. The topological polar surface area (TPSA) is 74.7 Å². The molecule has 2 rings (SSSR count). The number of hydrogen-bond acceptors (Lipinski definition) is 4. The lowest BCUT2D eigenvalue weighted by Crippen LogP contribution is -2.46. The first-order valence-electron chi connectivity index (χ1n) is 6.80. The van der Waals surface area contributed by atoms with Gasteiger partial charge in [0.1, 0.15) is 0 Å². The zero-order valence-electron chi connectivity index (χ0n) is 11.9. The van der Waals surface area contributed by atoms with Gasteiger partial charge in [-0.2, -0.15) is 0 Å². The third-order valence-corrected chi connectivity index (χ3v) is 5.39. The summed E-state index contributed by atoms with van der Waals surface area (Å²) >= 11 is 0. The van der Waals surface area contributed by atoms with Crippen LogP contribution in [0.15, 0.2) is 30.3 Å². The number of aliphatic carboxylic acids is 1. The van der Waals surface area contributed by atoms with Crippen LogP contribution in [0.3, 0.4) is 0 Å². The molecule has 6 heteroatoms. The van der Waals surface area contributed by atoms with E-state index in [-0.39, 0.29) is 17.5 Å². The van der Waals surface area contributed by atoms with Gasteiger partial charge in [-0.05, 0) is 24.1 Å². The molecule has 0 aliphatic carbocycles. The molecule has 1 aliphatic heterocycles. The van der Waals surface area contributed by atoms with Crippen molar-refractivity contribution in [3.05, 3.63) is 41.5 Å². The Labute approximate surface area is 124 Å². The van der Waals surface area contributed by atoms with Crippen LogP contribution >= 0.6 is 0 Å². The lowest BCUT2D eigenvalue weighted by molar-refractivity contribution is -0.131. The Morgan fingerprint density at radius 3 is 2.62 bits per heavy atom. The molecule has 1 aromatic carbocycles. The predicted octanol–water partition coefficient (Wildman–Crippen LogP) is 1.40. The van der Waals surface area contributed by atoms with Crippen LogP contribution in [0.4, 0.5) is 0 Å². The molecule has 0 saturated carbocycles.